The highest BCUT2D eigenvalue weighted by Gasteiger charge is 2.34. The third kappa shape index (κ3) is 7.46. The fourth-order valence-electron chi connectivity index (χ4n) is 3.43. The van der Waals surface area contributed by atoms with Gasteiger partial charge in [-0.05, 0) is 32.8 Å². The summed E-state index contributed by atoms with van der Waals surface area (Å²) in [5, 5.41) is 10.5. The number of aliphatic hydroxyl groups excluding tert-OH is 1. The van der Waals surface area contributed by atoms with Gasteiger partial charge in [0.2, 0.25) is 0 Å². The van der Waals surface area contributed by atoms with Gasteiger partial charge < -0.3 is 24.2 Å². The Kier molecular flexibility index (Phi) is 8.41. The lowest BCUT2D eigenvalue weighted by Gasteiger charge is -2.36. The summed E-state index contributed by atoms with van der Waals surface area (Å²) in [7, 11) is 0. The van der Waals surface area contributed by atoms with E-state index in [0.717, 1.165) is 12.0 Å². The van der Waals surface area contributed by atoms with Crippen LogP contribution in [0.2, 0.25) is 0 Å². The van der Waals surface area contributed by atoms with E-state index in [9.17, 15) is 9.90 Å². The van der Waals surface area contributed by atoms with Crippen molar-refractivity contribution < 1.29 is 24.1 Å². The van der Waals surface area contributed by atoms with Gasteiger partial charge in [-0.2, -0.15) is 0 Å². The molecule has 2 aromatic rings. The number of hydrogen-bond acceptors (Lipinski definition) is 7. The van der Waals surface area contributed by atoms with E-state index in [2.05, 4.69) is 9.97 Å². The molecule has 174 valence electrons. The molecule has 1 aromatic heterocycles. The van der Waals surface area contributed by atoms with Crippen LogP contribution in [0.1, 0.15) is 50.9 Å². The number of aliphatic hydroxyl groups is 1. The van der Waals surface area contributed by atoms with Crippen LogP contribution in [0.3, 0.4) is 0 Å². The fourth-order valence-corrected chi connectivity index (χ4v) is 3.43. The molecule has 2 unspecified atom stereocenters. The Hall–Kier alpha value is -2.71. The predicted molar refractivity (Wildman–Crippen MR) is 119 cm³/mol. The molecule has 1 fully saturated rings. The van der Waals surface area contributed by atoms with Crippen molar-refractivity contribution in [3.63, 3.8) is 0 Å². The van der Waals surface area contributed by atoms with Gasteiger partial charge in [0.25, 0.3) is 0 Å². The SMILES string of the molecule is CC(C)(C)OC(=O)N1CCC(c2ncc(OCCCOCc3ccccc3)cn2)C(O)C1. The second kappa shape index (κ2) is 11.2. The van der Waals surface area contributed by atoms with Crippen molar-refractivity contribution >= 4 is 6.09 Å². The fraction of sp³-hybridized carbons (Fsp3) is 0.542. The van der Waals surface area contributed by atoms with Crippen LogP contribution in [-0.2, 0) is 16.1 Å². The molecule has 1 aliphatic rings. The summed E-state index contributed by atoms with van der Waals surface area (Å²) >= 11 is 0. The van der Waals surface area contributed by atoms with E-state index in [4.69, 9.17) is 14.2 Å². The first-order valence-corrected chi connectivity index (χ1v) is 11.0. The highest BCUT2D eigenvalue weighted by Crippen LogP contribution is 2.27. The number of nitrogens with zero attached hydrogens (tertiary/aromatic N) is 3. The van der Waals surface area contributed by atoms with Crippen LogP contribution < -0.4 is 4.74 Å². The number of ether oxygens (including phenoxy) is 3. The van der Waals surface area contributed by atoms with Crippen LogP contribution in [0.5, 0.6) is 5.75 Å². The van der Waals surface area contributed by atoms with Gasteiger partial charge in [-0.25, -0.2) is 14.8 Å². The first kappa shape index (κ1) is 23.9. The van der Waals surface area contributed by atoms with Crippen molar-refractivity contribution in [2.45, 2.75) is 57.8 Å². The number of β-amino-alcohol motifs (C(OH)–C–C–N with tert-alkyl or cyclic N) is 1. The molecule has 8 heteroatoms. The quantitative estimate of drug-likeness (QED) is 0.624. The molecule has 2 heterocycles. The van der Waals surface area contributed by atoms with E-state index in [1.807, 2.05) is 51.1 Å². The van der Waals surface area contributed by atoms with E-state index >= 15 is 0 Å². The third-order valence-electron chi connectivity index (χ3n) is 5.03. The average Bonchev–Trinajstić information content (AvgIpc) is 2.76. The molecule has 0 bridgehead atoms. The van der Waals surface area contributed by atoms with Crippen LogP contribution in [0.15, 0.2) is 42.7 Å². The second-order valence-electron chi connectivity index (χ2n) is 8.91. The minimum absolute atomic E-state index is 0.199. The Morgan fingerprint density at radius 2 is 1.88 bits per heavy atom. The lowest BCUT2D eigenvalue weighted by molar-refractivity contribution is -0.00235. The number of piperidine rings is 1. The molecule has 2 atom stereocenters. The van der Waals surface area contributed by atoms with E-state index < -0.39 is 17.8 Å². The maximum atomic E-state index is 12.2. The summed E-state index contributed by atoms with van der Waals surface area (Å²) in [5.41, 5.74) is 0.586. The monoisotopic (exact) mass is 443 g/mol. The summed E-state index contributed by atoms with van der Waals surface area (Å²) in [4.78, 5) is 22.5. The molecule has 1 amide bonds. The number of rotatable bonds is 8. The summed E-state index contributed by atoms with van der Waals surface area (Å²) < 4.78 is 16.7. The molecule has 1 N–H and O–H groups in total. The maximum Gasteiger partial charge on any atom is 0.410 e. The second-order valence-corrected chi connectivity index (χ2v) is 8.91. The number of amides is 1. The van der Waals surface area contributed by atoms with Crippen molar-refractivity contribution in [1.29, 1.82) is 0 Å². The molecule has 0 saturated carbocycles. The van der Waals surface area contributed by atoms with Crippen LogP contribution in [0.25, 0.3) is 0 Å². The first-order valence-electron chi connectivity index (χ1n) is 11.0. The summed E-state index contributed by atoms with van der Waals surface area (Å²) in [6.45, 7) is 7.86. The van der Waals surface area contributed by atoms with Crippen LogP contribution in [0, 0.1) is 0 Å². The lowest BCUT2D eigenvalue weighted by Crippen LogP contribution is -2.47. The van der Waals surface area contributed by atoms with Gasteiger partial charge in [-0.3, -0.25) is 0 Å². The standard InChI is InChI=1S/C24H33N3O5/c1-24(2,3)32-23(29)27-11-10-20(21(28)16-27)22-25-14-19(15-26-22)31-13-7-12-30-17-18-8-5-4-6-9-18/h4-6,8-9,14-15,20-21,28H,7,10-13,16-17H2,1-3H3. The summed E-state index contributed by atoms with van der Waals surface area (Å²) in [6, 6.07) is 10.0. The number of hydrogen-bond donors (Lipinski definition) is 1. The Morgan fingerprint density at radius 1 is 1.16 bits per heavy atom. The van der Waals surface area contributed by atoms with Gasteiger partial charge in [0.1, 0.15) is 11.4 Å². The first-order chi connectivity index (χ1) is 15.3. The number of likely N-dealkylation sites (tertiary alicyclic amines) is 1. The number of benzene rings is 1. The highest BCUT2D eigenvalue weighted by molar-refractivity contribution is 5.68. The zero-order valence-corrected chi connectivity index (χ0v) is 19.1. The van der Waals surface area contributed by atoms with E-state index in [1.165, 1.54) is 4.90 Å². The molecule has 1 saturated heterocycles. The zero-order chi connectivity index (χ0) is 23.0. The minimum Gasteiger partial charge on any atom is -0.490 e. The molecular formula is C24H33N3O5. The molecule has 1 aromatic carbocycles. The molecular weight excluding hydrogens is 410 g/mol. The number of carbonyl (C=O) groups excluding carboxylic acids is 1. The molecule has 0 aliphatic carbocycles. The lowest BCUT2D eigenvalue weighted by atomic mass is 9.93. The minimum atomic E-state index is -0.746. The molecule has 32 heavy (non-hydrogen) atoms. The largest absolute Gasteiger partial charge is 0.490 e. The van der Waals surface area contributed by atoms with Crippen molar-refractivity contribution in [3.05, 3.63) is 54.1 Å². The Labute approximate surface area is 189 Å². The molecule has 0 spiro atoms. The summed E-state index contributed by atoms with van der Waals surface area (Å²) in [6.07, 6.45) is 3.42. The van der Waals surface area contributed by atoms with Gasteiger partial charge in [-0.15, -0.1) is 0 Å². The van der Waals surface area contributed by atoms with Gasteiger partial charge in [0.05, 0.1) is 44.9 Å². The third-order valence-corrected chi connectivity index (χ3v) is 5.03. The van der Waals surface area contributed by atoms with Crippen LogP contribution in [-0.4, -0.2) is 64.1 Å². The van der Waals surface area contributed by atoms with Crippen molar-refractivity contribution in [3.8, 4) is 5.75 Å². The summed E-state index contributed by atoms with van der Waals surface area (Å²) in [5.74, 6) is 0.909. The molecule has 8 nitrogen and oxygen atoms in total. The molecule has 3 rings (SSSR count). The number of carbonyl (C=O) groups is 1. The smallest absolute Gasteiger partial charge is 0.410 e. The Bertz CT molecular complexity index is 839. The van der Waals surface area contributed by atoms with Crippen LogP contribution >= 0.6 is 0 Å². The van der Waals surface area contributed by atoms with Gasteiger partial charge in [0.15, 0.2) is 5.75 Å². The van der Waals surface area contributed by atoms with Gasteiger partial charge >= 0.3 is 6.09 Å². The highest BCUT2D eigenvalue weighted by atomic mass is 16.6. The Balaban J connectivity index is 1.38. The average molecular weight is 444 g/mol. The number of aromatic nitrogens is 2. The predicted octanol–water partition coefficient (Wildman–Crippen LogP) is 3.55. The van der Waals surface area contributed by atoms with E-state index in [-0.39, 0.29) is 12.5 Å². The zero-order valence-electron chi connectivity index (χ0n) is 19.1. The van der Waals surface area contributed by atoms with Crippen molar-refractivity contribution in [2.75, 3.05) is 26.3 Å². The van der Waals surface area contributed by atoms with E-state index in [0.29, 0.717) is 44.4 Å². The van der Waals surface area contributed by atoms with Crippen molar-refractivity contribution in [1.82, 2.24) is 14.9 Å². The van der Waals surface area contributed by atoms with Crippen LogP contribution in [0.4, 0.5) is 4.79 Å². The topological polar surface area (TPSA) is 94.0 Å². The molecule has 0 radical (unpaired) electrons. The van der Waals surface area contributed by atoms with Crippen molar-refractivity contribution in [2.24, 2.45) is 0 Å². The van der Waals surface area contributed by atoms with Gasteiger partial charge in [0, 0.05) is 18.9 Å². The van der Waals surface area contributed by atoms with Gasteiger partial charge in [-0.1, -0.05) is 30.3 Å². The van der Waals surface area contributed by atoms with E-state index in [1.54, 1.807) is 12.4 Å². The normalized spacial score (nSPS) is 18.9. The molecule has 1 aliphatic heterocycles. The Morgan fingerprint density at radius 3 is 2.53 bits per heavy atom. The maximum absolute atomic E-state index is 12.2.